The molecule has 0 aliphatic rings. The summed E-state index contributed by atoms with van der Waals surface area (Å²) in [5.74, 6) is 0.597. The van der Waals surface area contributed by atoms with Crippen molar-refractivity contribution in [2.45, 2.75) is 26.3 Å². The van der Waals surface area contributed by atoms with E-state index < -0.39 is 0 Å². The Morgan fingerprint density at radius 3 is 2.62 bits per heavy atom. The normalized spacial score (nSPS) is 11.2. The zero-order valence-corrected chi connectivity index (χ0v) is 14.1. The first kappa shape index (κ1) is 16.0. The number of hydrogen-bond donors (Lipinski definition) is 2. The number of nitrogens with one attached hydrogen (secondary N) is 1. The van der Waals surface area contributed by atoms with Crippen LogP contribution in [0.15, 0.2) is 41.3 Å². The van der Waals surface area contributed by atoms with Crippen molar-refractivity contribution in [2.75, 3.05) is 17.7 Å². The number of H-pyrrole nitrogens is 1. The summed E-state index contributed by atoms with van der Waals surface area (Å²) in [6, 6.07) is 10.4. The predicted octanol–water partition coefficient (Wildman–Crippen LogP) is 2.66. The second kappa shape index (κ2) is 6.31. The van der Waals surface area contributed by atoms with Gasteiger partial charge in [-0.2, -0.15) is 4.98 Å². The maximum atomic E-state index is 12.0. The molecule has 3 aromatic rings. The van der Waals surface area contributed by atoms with Crippen molar-refractivity contribution in [3.63, 3.8) is 0 Å². The van der Waals surface area contributed by atoms with Crippen molar-refractivity contribution in [3.05, 3.63) is 58.0 Å². The van der Waals surface area contributed by atoms with Crippen LogP contribution in [0.3, 0.4) is 0 Å². The van der Waals surface area contributed by atoms with E-state index in [2.05, 4.69) is 53.1 Å². The van der Waals surface area contributed by atoms with E-state index in [-0.39, 0.29) is 11.5 Å². The summed E-state index contributed by atoms with van der Waals surface area (Å²) in [5, 5.41) is 0.434. The summed E-state index contributed by atoms with van der Waals surface area (Å²) in [6.45, 7) is 5.09. The third kappa shape index (κ3) is 3.22. The monoisotopic (exact) mass is 323 g/mol. The maximum Gasteiger partial charge on any atom is 0.261 e. The topological polar surface area (TPSA) is 87.9 Å². The van der Waals surface area contributed by atoms with E-state index in [1.165, 1.54) is 11.1 Å². The van der Waals surface area contributed by atoms with Crippen LogP contribution in [0.25, 0.3) is 11.0 Å². The molecule has 0 amide bonds. The number of nitrogens with zero attached hydrogens (tertiary/aromatic N) is 3. The van der Waals surface area contributed by atoms with Crippen LogP contribution in [0.5, 0.6) is 0 Å². The number of aromatic nitrogens is 3. The standard InChI is InChI=1S/C18H21N5O/c1-11(2)13-6-4-12(5-7-13)10-23(3)14-8-15-16(20-9-14)21-18(19)22-17(15)24/h4-9,11H,10H2,1-3H3,(H3,19,20,21,22,24). The highest BCUT2D eigenvalue weighted by Crippen LogP contribution is 2.19. The molecule has 1 aromatic carbocycles. The molecule has 0 aliphatic heterocycles. The molecule has 2 heterocycles. The van der Waals surface area contributed by atoms with Gasteiger partial charge in [0.25, 0.3) is 5.56 Å². The third-order valence-corrected chi connectivity index (χ3v) is 4.07. The molecule has 0 fully saturated rings. The third-order valence-electron chi connectivity index (χ3n) is 4.07. The van der Waals surface area contributed by atoms with Crippen LogP contribution in [0, 0.1) is 0 Å². The van der Waals surface area contributed by atoms with Gasteiger partial charge in [0.1, 0.15) is 0 Å². The first-order valence-corrected chi connectivity index (χ1v) is 7.89. The van der Waals surface area contributed by atoms with E-state index in [1.807, 2.05) is 11.9 Å². The molecule has 0 radical (unpaired) electrons. The zero-order chi connectivity index (χ0) is 17.3. The fraction of sp³-hybridized carbons (Fsp3) is 0.278. The number of hydrogen-bond acceptors (Lipinski definition) is 5. The van der Waals surface area contributed by atoms with Crippen molar-refractivity contribution >= 4 is 22.7 Å². The Labute approximate surface area is 140 Å². The second-order valence-corrected chi connectivity index (χ2v) is 6.27. The number of anilines is 2. The molecule has 0 saturated carbocycles. The predicted molar refractivity (Wildman–Crippen MR) is 97.2 cm³/mol. The maximum absolute atomic E-state index is 12.0. The average Bonchev–Trinajstić information content (AvgIpc) is 2.55. The highest BCUT2D eigenvalue weighted by atomic mass is 16.1. The molecule has 0 aliphatic carbocycles. The smallest absolute Gasteiger partial charge is 0.261 e. The van der Waals surface area contributed by atoms with E-state index in [9.17, 15) is 4.79 Å². The molecule has 24 heavy (non-hydrogen) atoms. The Bertz CT molecular complexity index is 915. The van der Waals surface area contributed by atoms with E-state index >= 15 is 0 Å². The average molecular weight is 323 g/mol. The summed E-state index contributed by atoms with van der Waals surface area (Å²) in [5.41, 5.74) is 9.00. The van der Waals surface area contributed by atoms with Gasteiger partial charge in [0.05, 0.1) is 17.3 Å². The van der Waals surface area contributed by atoms with Gasteiger partial charge in [-0.15, -0.1) is 0 Å². The van der Waals surface area contributed by atoms with Crippen LogP contribution in [0.2, 0.25) is 0 Å². The molecule has 0 spiro atoms. The van der Waals surface area contributed by atoms with Crippen molar-refractivity contribution in [1.29, 1.82) is 0 Å². The molecule has 6 heteroatoms. The quantitative estimate of drug-likeness (QED) is 0.770. The van der Waals surface area contributed by atoms with Crippen LogP contribution in [-0.2, 0) is 6.54 Å². The van der Waals surface area contributed by atoms with Gasteiger partial charge in [-0.25, -0.2) is 4.98 Å². The molecule has 3 N–H and O–H groups in total. The Morgan fingerprint density at radius 2 is 1.96 bits per heavy atom. The van der Waals surface area contributed by atoms with E-state index in [4.69, 9.17) is 5.73 Å². The SMILES string of the molecule is CC(C)c1ccc(CN(C)c2cnc3nc(N)[nH]c(=O)c3c2)cc1. The molecular formula is C18H21N5O. The van der Waals surface area contributed by atoms with Gasteiger partial charge in [0, 0.05) is 13.6 Å². The molecule has 0 unspecified atom stereocenters. The Morgan fingerprint density at radius 1 is 1.25 bits per heavy atom. The van der Waals surface area contributed by atoms with Crippen LogP contribution in [0.1, 0.15) is 30.9 Å². The first-order chi connectivity index (χ1) is 11.4. The molecular weight excluding hydrogens is 302 g/mol. The van der Waals surface area contributed by atoms with Crippen molar-refractivity contribution < 1.29 is 0 Å². The van der Waals surface area contributed by atoms with Crippen molar-refractivity contribution in [1.82, 2.24) is 15.0 Å². The van der Waals surface area contributed by atoms with Gasteiger partial charge in [-0.1, -0.05) is 38.1 Å². The van der Waals surface area contributed by atoms with Crippen LogP contribution in [0.4, 0.5) is 11.6 Å². The van der Waals surface area contributed by atoms with Crippen LogP contribution >= 0.6 is 0 Å². The van der Waals surface area contributed by atoms with E-state index in [0.717, 1.165) is 12.2 Å². The number of aromatic amines is 1. The highest BCUT2D eigenvalue weighted by Gasteiger charge is 2.08. The fourth-order valence-corrected chi connectivity index (χ4v) is 2.61. The Balaban J connectivity index is 1.85. The number of rotatable bonds is 4. The zero-order valence-electron chi connectivity index (χ0n) is 14.1. The molecule has 124 valence electrons. The lowest BCUT2D eigenvalue weighted by Crippen LogP contribution is -2.18. The molecule has 2 aromatic heterocycles. The number of benzene rings is 1. The molecule has 3 rings (SSSR count). The van der Waals surface area contributed by atoms with Gasteiger partial charge in [-0.3, -0.25) is 9.78 Å². The van der Waals surface area contributed by atoms with Gasteiger partial charge >= 0.3 is 0 Å². The molecule has 6 nitrogen and oxygen atoms in total. The lowest BCUT2D eigenvalue weighted by atomic mass is 10.0. The van der Waals surface area contributed by atoms with Gasteiger partial charge in [0.15, 0.2) is 5.65 Å². The van der Waals surface area contributed by atoms with Crippen LogP contribution < -0.4 is 16.2 Å². The lowest BCUT2D eigenvalue weighted by Gasteiger charge is -2.19. The molecule has 0 atom stereocenters. The Hall–Kier alpha value is -2.89. The number of nitrogens with two attached hydrogens (primary N) is 1. The highest BCUT2D eigenvalue weighted by molar-refractivity contribution is 5.78. The van der Waals surface area contributed by atoms with Crippen molar-refractivity contribution in [2.24, 2.45) is 0 Å². The largest absolute Gasteiger partial charge is 0.369 e. The summed E-state index contributed by atoms with van der Waals surface area (Å²) in [7, 11) is 1.97. The van der Waals surface area contributed by atoms with E-state index in [0.29, 0.717) is 17.0 Å². The summed E-state index contributed by atoms with van der Waals surface area (Å²) in [4.78, 5) is 24.8. The van der Waals surface area contributed by atoms with E-state index in [1.54, 1.807) is 12.3 Å². The molecule has 0 saturated heterocycles. The van der Waals surface area contributed by atoms with Gasteiger partial charge in [-0.05, 0) is 23.1 Å². The van der Waals surface area contributed by atoms with Gasteiger partial charge < -0.3 is 10.6 Å². The number of fused-ring (bicyclic) bond motifs is 1. The Kier molecular flexibility index (Phi) is 4.20. The second-order valence-electron chi connectivity index (χ2n) is 6.27. The van der Waals surface area contributed by atoms with Crippen molar-refractivity contribution in [3.8, 4) is 0 Å². The fourth-order valence-electron chi connectivity index (χ4n) is 2.61. The summed E-state index contributed by atoms with van der Waals surface area (Å²) >= 11 is 0. The number of nitrogen functional groups attached to an aromatic ring is 1. The first-order valence-electron chi connectivity index (χ1n) is 7.89. The number of pyridine rings is 1. The van der Waals surface area contributed by atoms with Gasteiger partial charge in [0.2, 0.25) is 5.95 Å². The lowest BCUT2D eigenvalue weighted by molar-refractivity contribution is 0.861. The summed E-state index contributed by atoms with van der Waals surface area (Å²) in [6.07, 6.45) is 1.71. The minimum Gasteiger partial charge on any atom is -0.369 e. The minimum atomic E-state index is -0.276. The minimum absolute atomic E-state index is 0.0753. The van der Waals surface area contributed by atoms with Crippen LogP contribution in [-0.4, -0.2) is 22.0 Å². The molecule has 0 bridgehead atoms. The summed E-state index contributed by atoms with van der Waals surface area (Å²) < 4.78 is 0.